The van der Waals surface area contributed by atoms with Crippen LogP contribution in [0.5, 0.6) is 0 Å². The predicted octanol–water partition coefficient (Wildman–Crippen LogP) is 3.29. The summed E-state index contributed by atoms with van der Waals surface area (Å²) in [7, 11) is -3.79. The largest absolute Gasteiger partial charge is 0.346 e. The molecule has 4 rings (SSSR count). The predicted molar refractivity (Wildman–Crippen MR) is 112 cm³/mol. The molecule has 0 atom stereocenters. The molecule has 0 saturated carbocycles. The van der Waals surface area contributed by atoms with Crippen LogP contribution in [-0.4, -0.2) is 27.9 Å². The summed E-state index contributed by atoms with van der Waals surface area (Å²) >= 11 is 0. The topological polar surface area (TPSA) is 116 Å². The van der Waals surface area contributed by atoms with Gasteiger partial charge in [-0.25, -0.2) is 23.5 Å². The molecular weight excluding hydrogens is 388 g/mol. The first-order valence-corrected chi connectivity index (χ1v) is 10.7. The van der Waals surface area contributed by atoms with Gasteiger partial charge in [0, 0.05) is 41.8 Å². The Morgan fingerprint density at radius 1 is 1.17 bits per heavy atom. The van der Waals surface area contributed by atoms with Crippen LogP contribution in [0, 0.1) is 0 Å². The van der Waals surface area contributed by atoms with Gasteiger partial charge in [0.15, 0.2) is 0 Å². The van der Waals surface area contributed by atoms with Gasteiger partial charge in [-0.2, -0.15) is 0 Å². The molecule has 3 heterocycles. The Labute approximate surface area is 168 Å². The van der Waals surface area contributed by atoms with Crippen molar-refractivity contribution in [2.75, 3.05) is 5.32 Å². The molecule has 0 aliphatic rings. The lowest BCUT2D eigenvalue weighted by Crippen LogP contribution is -2.12. The molecule has 1 aromatic carbocycles. The minimum atomic E-state index is -3.79. The molecule has 0 spiro atoms. The van der Waals surface area contributed by atoms with Gasteiger partial charge in [-0.05, 0) is 36.8 Å². The zero-order chi connectivity index (χ0) is 20.4. The van der Waals surface area contributed by atoms with Crippen LogP contribution in [0.15, 0.2) is 66.1 Å². The number of primary sulfonamides is 1. The van der Waals surface area contributed by atoms with Crippen LogP contribution in [0.4, 0.5) is 11.6 Å². The fourth-order valence-electron chi connectivity index (χ4n) is 3.22. The average Bonchev–Trinajstić information content (AvgIpc) is 3.07. The van der Waals surface area contributed by atoms with Crippen LogP contribution < -0.4 is 10.5 Å². The Morgan fingerprint density at radius 2 is 2.03 bits per heavy atom. The van der Waals surface area contributed by atoms with Gasteiger partial charge in [0.2, 0.25) is 16.0 Å². The zero-order valence-electron chi connectivity index (χ0n) is 15.8. The van der Waals surface area contributed by atoms with Gasteiger partial charge in [0.1, 0.15) is 0 Å². The lowest BCUT2D eigenvalue weighted by atomic mass is 10.1. The van der Waals surface area contributed by atoms with E-state index in [1.165, 1.54) is 12.1 Å². The highest BCUT2D eigenvalue weighted by Crippen LogP contribution is 2.30. The van der Waals surface area contributed by atoms with Crippen LogP contribution in [0.25, 0.3) is 22.2 Å². The Hall–Kier alpha value is -3.30. The van der Waals surface area contributed by atoms with Crippen molar-refractivity contribution < 1.29 is 8.42 Å². The van der Waals surface area contributed by atoms with E-state index in [4.69, 9.17) is 5.14 Å². The van der Waals surface area contributed by atoms with Crippen LogP contribution in [0.2, 0.25) is 0 Å². The van der Waals surface area contributed by atoms with Crippen molar-refractivity contribution in [1.29, 1.82) is 0 Å². The third kappa shape index (κ3) is 3.96. The molecule has 0 bridgehead atoms. The second kappa shape index (κ2) is 7.61. The second-order valence-corrected chi connectivity index (χ2v) is 8.15. The summed E-state index contributed by atoms with van der Waals surface area (Å²) in [4.78, 5) is 13.1. The van der Waals surface area contributed by atoms with Gasteiger partial charge >= 0.3 is 0 Å². The van der Waals surface area contributed by atoms with E-state index in [-0.39, 0.29) is 4.90 Å². The molecule has 148 valence electrons. The van der Waals surface area contributed by atoms with E-state index in [1.807, 2.05) is 18.3 Å². The zero-order valence-corrected chi connectivity index (χ0v) is 16.6. The Morgan fingerprint density at radius 3 is 2.83 bits per heavy atom. The Kier molecular flexibility index (Phi) is 4.99. The minimum Gasteiger partial charge on any atom is -0.346 e. The molecule has 29 heavy (non-hydrogen) atoms. The lowest BCUT2D eigenvalue weighted by Gasteiger charge is -2.07. The van der Waals surface area contributed by atoms with Crippen molar-refractivity contribution in [2.45, 2.75) is 24.8 Å². The second-order valence-electron chi connectivity index (χ2n) is 6.59. The summed E-state index contributed by atoms with van der Waals surface area (Å²) in [6, 6.07) is 10.0. The molecule has 9 heteroatoms. The minimum absolute atomic E-state index is 0.0220. The molecule has 0 unspecified atom stereocenters. The molecule has 0 saturated heterocycles. The van der Waals surface area contributed by atoms with Gasteiger partial charge in [0.25, 0.3) is 0 Å². The first-order chi connectivity index (χ1) is 14.0. The van der Waals surface area contributed by atoms with E-state index in [9.17, 15) is 8.42 Å². The van der Waals surface area contributed by atoms with E-state index in [2.05, 4.69) is 38.0 Å². The summed E-state index contributed by atoms with van der Waals surface area (Å²) < 4.78 is 25.3. The number of rotatable bonds is 6. The van der Waals surface area contributed by atoms with Crippen molar-refractivity contribution in [3.05, 3.63) is 61.2 Å². The standard InChI is InChI=1S/C20H20N6O2S/c1-2-10-26-13-17(16-6-8-22-12-19(16)26)18-7-9-23-20(25-18)24-14-4-3-5-15(11-14)29(21,27)28/h3-9,11-13H,2,10H2,1H3,(H2,21,27,28)(H,23,24,25). The molecule has 8 nitrogen and oxygen atoms in total. The van der Waals surface area contributed by atoms with Crippen LogP contribution in [-0.2, 0) is 16.6 Å². The van der Waals surface area contributed by atoms with Crippen LogP contribution >= 0.6 is 0 Å². The molecule has 4 aromatic rings. The fraction of sp³-hybridized carbons (Fsp3) is 0.150. The monoisotopic (exact) mass is 408 g/mol. The van der Waals surface area contributed by atoms with Gasteiger partial charge in [-0.1, -0.05) is 13.0 Å². The van der Waals surface area contributed by atoms with Crippen molar-refractivity contribution in [1.82, 2.24) is 19.5 Å². The first kappa shape index (κ1) is 19.0. The highest BCUT2D eigenvalue weighted by molar-refractivity contribution is 7.89. The maximum atomic E-state index is 11.6. The van der Waals surface area contributed by atoms with E-state index in [0.29, 0.717) is 11.6 Å². The summed E-state index contributed by atoms with van der Waals surface area (Å²) in [5.41, 5.74) is 3.33. The van der Waals surface area contributed by atoms with Crippen molar-refractivity contribution in [3.8, 4) is 11.3 Å². The van der Waals surface area contributed by atoms with Crippen molar-refractivity contribution in [2.24, 2.45) is 5.14 Å². The number of nitrogens with one attached hydrogen (secondary N) is 1. The molecule has 0 aliphatic heterocycles. The number of anilines is 2. The highest BCUT2D eigenvalue weighted by atomic mass is 32.2. The third-order valence-corrected chi connectivity index (χ3v) is 5.41. The van der Waals surface area contributed by atoms with Crippen molar-refractivity contribution in [3.63, 3.8) is 0 Å². The maximum Gasteiger partial charge on any atom is 0.238 e. The lowest BCUT2D eigenvalue weighted by molar-refractivity contribution is 0.598. The van der Waals surface area contributed by atoms with E-state index in [0.717, 1.165) is 35.1 Å². The molecular formula is C20H20N6O2S. The summed E-state index contributed by atoms with van der Waals surface area (Å²) in [5.74, 6) is 0.361. The average molecular weight is 408 g/mol. The molecule has 0 aliphatic carbocycles. The number of aromatic nitrogens is 4. The number of nitrogens with zero attached hydrogens (tertiary/aromatic N) is 4. The normalized spacial score (nSPS) is 11.7. The fourth-order valence-corrected chi connectivity index (χ4v) is 3.78. The number of hydrogen-bond acceptors (Lipinski definition) is 6. The van der Waals surface area contributed by atoms with Crippen molar-refractivity contribution >= 4 is 32.6 Å². The summed E-state index contributed by atoms with van der Waals surface area (Å²) in [5, 5.41) is 9.31. The molecule has 0 amide bonds. The molecule has 3 N–H and O–H groups in total. The molecule has 0 fully saturated rings. The number of hydrogen-bond donors (Lipinski definition) is 2. The van der Waals surface area contributed by atoms with Crippen LogP contribution in [0.3, 0.4) is 0 Å². The van der Waals surface area contributed by atoms with Gasteiger partial charge in [-0.3, -0.25) is 4.98 Å². The summed E-state index contributed by atoms with van der Waals surface area (Å²) in [6.07, 6.45) is 8.37. The number of pyridine rings is 1. The van der Waals surface area contributed by atoms with E-state index < -0.39 is 10.0 Å². The number of sulfonamides is 1. The maximum absolute atomic E-state index is 11.6. The number of aryl methyl sites for hydroxylation is 1. The smallest absolute Gasteiger partial charge is 0.238 e. The number of fused-ring (bicyclic) bond motifs is 1. The van der Waals surface area contributed by atoms with Gasteiger partial charge in [-0.15, -0.1) is 0 Å². The van der Waals surface area contributed by atoms with Gasteiger partial charge < -0.3 is 9.88 Å². The Bertz CT molecular complexity index is 1280. The third-order valence-electron chi connectivity index (χ3n) is 4.50. The first-order valence-electron chi connectivity index (χ1n) is 9.12. The quantitative estimate of drug-likeness (QED) is 0.506. The summed E-state index contributed by atoms with van der Waals surface area (Å²) in [6.45, 7) is 3.02. The van der Waals surface area contributed by atoms with E-state index in [1.54, 1.807) is 24.5 Å². The SMILES string of the molecule is CCCn1cc(-c2ccnc(Nc3cccc(S(N)(=O)=O)c3)n2)c2ccncc21. The van der Waals surface area contributed by atoms with Gasteiger partial charge in [0.05, 0.1) is 22.3 Å². The van der Waals surface area contributed by atoms with Crippen LogP contribution in [0.1, 0.15) is 13.3 Å². The highest BCUT2D eigenvalue weighted by Gasteiger charge is 2.13. The molecule has 0 radical (unpaired) electrons. The van der Waals surface area contributed by atoms with E-state index >= 15 is 0 Å². The number of benzene rings is 1. The Balaban J connectivity index is 1.71. The molecule has 3 aromatic heterocycles. The number of nitrogens with two attached hydrogens (primary N) is 1.